The van der Waals surface area contributed by atoms with E-state index in [9.17, 15) is 8.78 Å². The molecule has 0 aliphatic heterocycles. The van der Waals surface area contributed by atoms with Crippen LogP contribution >= 0.6 is 0 Å². The number of hydrogen-bond donors (Lipinski definition) is 0. The summed E-state index contributed by atoms with van der Waals surface area (Å²) in [6, 6.07) is 14.6. The van der Waals surface area contributed by atoms with E-state index < -0.39 is 11.6 Å². The molecule has 0 saturated carbocycles. The Labute approximate surface area is 120 Å². The molecule has 0 amide bonds. The lowest BCUT2D eigenvalue weighted by atomic mass is 10.0. The van der Waals surface area contributed by atoms with Gasteiger partial charge in [0, 0.05) is 16.5 Å². The van der Waals surface area contributed by atoms with E-state index in [0.29, 0.717) is 12.0 Å². The Morgan fingerprint density at radius 3 is 2.67 bits per heavy atom. The van der Waals surface area contributed by atoms with Crippen LogP contribution in [-0.2, 0) is 6.42 Å². The molecule has 3 heteroatoms. The molecule has 102 valence electrons. The average Bonchev–Trinajstić information content (AvgIpc) is 2.95. The van der Waals surface area contributed by atoms with Gasteiger partial charge < -0.3 is 0 Å². The predicted molar refractivity (Wildman–Crippen MR) is 78.9 cm³/mol. The predicted octanol–water partition coefficient (Wildman–Crippen LogP) is 4.50. The number of aromatic nitrogens is 1. The Morgan fingerprint density at radius 2 is 1.76 bits per heavy atom. The number of hydrogen-bond acceptors (Lipinski definition) is 1. The molecular formula is C18H11F2N. The summed E-state index contributed by atoms with van der Waals surface area (Å²) in [5.41, 5.74) is 3.71. The van der Waals surface area contributed by atoms with Crippen LogP contribution in [-0.4, -0.2) is 4.98 Å². The van der Waals surface area contributed by atoms with Gasteiger partial charge in [-0.2, -0.15) is 0 Å². The van der Waals surface area contributed by atoms with E-state index in [-0.39, 0.29) is 0 Å². The third-order valence-corrected chi connectivity index (χ3v) is 3.87. The molecule has 4 rings (SSSR count). The Balaban J connectivity index is 1.87. The van der Waals surface area contributed by atoms with Crippen molar-refractivity contribution in [3.8, 4) is 0 Å². The van der Waals surface area contributed by atoms with Gasteiger partial charge in [-0.15, -0.1) is 0 Å². The van der Waals surface area contributed by atoms with Crippen LogP contribution in [0.5, 0.6) is 0 Å². The highest BCUT2D eigenvalue weighted by Gasteiger charge is 2.22. The molecule has 1 aliphatic rings. The molecule has 0 N–H and O–H groups in total. The zero-order valence-corrected chi connectivity index (χ0v) is 11.1. The minimum absolute atomic E-state index is 0.406. The molecule has 0 spiro atoms. The first-order valence-electron chi connectivity index (χ1n) is 6.77. The minimum atomic E-state index is -0.796. The molecule has 0 radical (unpaired) electrons. The average molecular weight is 279 g/mol. The molecular weight excluding hydrogens is 268 g/mol. The Hall–Kier alpha value is -2.55. The largest absolute Gasteiger partial charge is 0.248 e. The second-order valence-corrected chi connectivity index (χ2v) is 5.10. The number of fused-ring (bicyclic) bond motifs is 2. The van der Waals surface area contributed by atoms with Crippen molar-refractivity contribution in [2.45, 2.75) is 6.42 Å². The van der Waals surface area contributed by atoms with E-state index in [1.165, 1.54) is 6.07 Å². The molecule has 2 aromatic carbocycles. The molecule has 3 aromatic rings. The molecule has 1 aromatic heterocycles. The van der Waals surface area contributed by atoms with Crippen molar-refractivity contribution in [1.82, 2.24) is 4.98 Å². The quantitative estimate of drug-likeness (QED) is 0.639. The summed E-state index contributed by atoms with van der Waals surface area (Å²) >= 11 is 0. The van der Waals surface area contributed by atoms with Gasteiger partial charge in [-0.05, 0) is 30.2 Å². The first-order chi connectivity index (χ1) is 10.2. The van der Waals surface area contributed by atoms with Gasteiger partial charge in [0.15, 0.2) is 11.6 Å². The number of allylic oxidation sites excluding steroid dienone is 1. The van der Waals surface area contributed by atoms with Crippen LogP contribution in [0.1, 0.15) is 16.8 Å². The van der Waals surface area contributed by atoms with E-state index in [1.807, 2.05) is 42.5 Å². The monoisotopic (exact) mass is 279 g/mol. The standard InChI is InChI=1S/C18H11F2N/c19-15-9-8-12-13(6-7-14(12)18(15)20)17-10-5-11-3-1-2-4-16(11)21-17/h1-6,8-10H,7H2. The highest BCUT2D eigenvalue weighted by molar-refractivity contribution is 5.87. The normalized spacial score (nSPS) is 13.3. The van der Waals surface area contributed by atoms with E-state index in [1.54, 1.807) is 6.07 Å². The topological polar surface area (TPSA) is 12.9 Å². The second kappa shape index (κ2) is 4.48. The van der Waals surface area contributed by atoms with Gasteiger partial charge in [-0.3, -0.25) is 0 Å². The number of pyridine rings is 1. The zero-order valence-electron chi connectivity index (χ0n) is 11.1. The van der Waals surface area contributed by atoms with Crippen molar-refractivity contribution in [2.24, 2.45) is 0 Å². The maximum absolute atomic E-state index is 13.8. The van der Waals surface area contributed by atoms with Gasteiger partial charge in [0.05, 0.1) is 11.2 Å². The van der Waals surface area contributed by atoms with Crippen LogP contribution in [0, 0.1) is 11.6 Å². The van der Waals surface area contributed by atoms with E-state index in [4.69, 9.17) is 0 Å². The fourth-order valence-electron chi connectivity index (χ4n) is 2.82. The summed E-state index contributed by atoms with van der Waals surface area (Å²) in [4.78, 5) is 4.62. The number of rotatable bonds is 1. The van der Waals surface area contributed by atoms with E-state index >= 15 is 0 Å². The maximum atomic E-state index is 13.8. The lowest BCUT2D eigenvalue weighted by molar-refractivity contribution is 0.501. The van der Waals surface area contributed by atoms with Crippen LogP contribution in [0.4, 0.5) is 8.78 Å². The van der Waals surface area contributed by atoms with Crippen LogP contribution in [0.3, 0.4) is 0 Å². The van der Waals surface area contributed by atoms with Crippen LogP contribution in [0.15, 0.2) is 54.6 Å². The summed E-state index contributed by atoms with van der Waals surface area (Å²) in [6.07, 6.45) is 2.31. The molecule has 21 heavy (non-hydrogen) atoms. The fourth-order valence-corrected chi connectivity index (χ4v) is 2.82. The summed E-state index contributed by atoms with van der Waals surface area (Å²) in [5.74, 6) is -1.55. The smallest absolute Gasteiger partial charge is 0.162 e. The van der Waals surface area contributed by atoms with Gasteiger partial charge in [0.1, 0.15) is 0 Å². The van der Waals surface area contributed by atoms with Crippen molar-refractivity contribution < 1.29 is 8.78 Å². The number of halogens is 2. The number of benzene rings is 2. The second-order valence-electron chi connectivity index (χ2n) is 5.10. The molecule has 0 atom stereocenters. The zero-order chi connectivity index (χ0) is 14.4. The van der Waals surface area contributed by atoms with Crippen LogP contribution in [0.25, 0.3) is 16.5 Å². The van der Waals surface area contributed by atoms with E-state index in [2.05, 4.69) is 4.98 Å². The molecule has 0 fully saturated rings. The summed E-state index contributed by atoms with van der Waals surface area (Å²) in [7, 11) is 0. The number of nitrogens with zero attached hydrogens (tertiary/aromatic N) is 1. The summed E-state index contributed by atoms with van der Waals surface area (Å²) in [6.45, 7) is 0. The van der Waals surface area contributed by atoms with E-state index in [0.717, 1.165) is 27.7 Å². The molecule has 1 heterocycles. The van der Waals surface area contributed by atoms with Crippen LogP contribution in [0.2, 0.25) is 0 Å². The van der Waals surface area contributed by atoms with Gasteiger partial charge in [0.25, 0.3) is 0 Å². The van der Waals surface area contributed by atoms with Crippen molar-refractivity contribution in [1.29, 1.82) is 0 Å². The van der Waals surface area contributed by atoms with Crippen molar-refractivity contribution >= 4 is 16.5 Å². The Bertz CT molecular complexity index is 897. The molecule has 0 unspecified atom stereocenters. The van der Waals surface area contributed by atoms with Gasteiger partial charge >= 0.3 is 0 Å². The van der Waals surface area contributed by atoms with Crippen molar-refractivity contribution in [3.63, 3.8) is 0 Å². The van der Waals surface area contributed by atoms with Crippen LogP contribution < -0.4 is 0 Å². The Morgan fingerprint density at radius 1 is 0.905 bits per heavy atom. The first-order valence-corrected chi connectivity index (χ1v) is 6.77. The molecule has 1 nitrogen and oxygen atoms in total. The lowest BCUT2D eigenvalue weighted by Gasteiger charge is -2.08. The maximum Gasteiger partial charge on any atom is 0.162 e. The third-order valence-electron chi connectivity index (χ3n) is 3.87. The lowest BCUT2D eigenvalue weighted by Crippen LogP contribution is -1.96. The Kier molecular flexibility index (Phi) is 2.61. The SMILES string of the molecule is Fc1ccc2c(c1F)CC=C2c1ccc2ccccc2n1. The highest BCUT2D eigenvalue weighted by Crippen LogP contribution is 2.34. The van der Waals surface area contributed by atoms with Crippen molar-refractivity contribution in [2.75, 3.05) is 0 Å². The molecule has 0 saturated heterocycles. The third kappa shape index (κ3) is 1.85. The fraction of sp³-hybridized carbons (Fsp3) is 0.0556. The molecule has 0 bridgehead atoms. The minimum Gasteiger partial charge on any atom is -0.248 e. The van der Waals surface area contributed by atoms with Gasteiger partial charge in [-0.1, -0.05) is 36.4 Å². The van der Waals surface area contributed by atoms with Gasteiger partial charge in [0.2, 0.25) is 0 Å². The van der Waals surface area contributed by atoms with Gasteiger partial charge in [-0.25, -0.2) is 13.8 Å². The molecule has 1 aliphatic carbocycles. The highest BCUT2D eigenvalue weighted by atomic mass is 19.2. The number of para-hydroxylation sites is 1. The summed E-state index contributed by atoms with van der Waals surface area (Å²) < 4.78 is 27.1. The van der Waals surface area contributed by atoms with Crippen molar-refractivity contribution in [3.05, 3.63) is 83.1 Å². The summed E-state index contributed by atoms with van der Waals surface area (Å²) in [5, 5.41) is 1.06. The first kappa shape index (κ1) is 12.2.